The standard InChI is InChI=1S/C17H14N2/c18-12-15(10-13-6-2-1-3-7-13)17-11-14-8-4-5-9-16(14)19-17/h1-9,11,15,19H,10H2. The molecule has 1 heterocycles. The van der Waals surface area contributed by atoms with Crippen LogP contribution in [0.5, 0.6) is 0 Å². The lowest BCUT2D eigenvalue weighted by atomic mass is 9.97. The first-order valence-electron chi connectivity index (χ1n) is 6.38. The molecule has 0 radical (unpaired) electrons. The van der Waals surface area contributed by atoms with Gasteiger partial charge in [-0.2, -0.15) is 5.26 Å². The number of benzene rings is 2. The molecule has 0 spiro atoms. The molecule has 92 valence electrons. The summed E-state index contributed by atoms with van der Waals surface area (Å²) in [7, 11) is 0. The summed E-state index contributed by atoms with van der Waals surface area (Å²) >= 11 is 0. The van der Waals surface area contributed by atoms with E-state index in [1.54, 1.807) is 0 Å². The summed E-state index contributed by atoms with van der Waals surface area (Å²) in [6.07, 6.45) is 0.740. The Morgan fingerprint density at radius 2 is 1.74 bits per heavy atom. The Kier molecular flexibility index (Phi) is 3.04. The van der Waals surface area contributed by atoms with Crippen LogP contribution in [0.15, 0.2) is 60.7 Å². The number of H-pyrrole nitrogens is 1. The van der Waals surface area contributed by atoms with Crippen molar-refractivity contribution in [1.82, 2.24) is 4.98 Å². The third kappa shape index (κ3) is 2.36. The maximum Gasteiger partial charge on any atom is 0.0903 e. The molecule has 1 atom stereocenters. The smallest absolute Gasteiger partial charge is 0.0903 e. The number of hydrogen-bond donors (Lipinski definition) is 1. The topological polar surface area (TPSA) is 39.6 Å². The summed E-state index contributed by atoms with van der Waals surface area (Å²) < 4.78 is 0. The first-order valence-corrected chi connectivity index (χ1v) is 6.38. The van der Waals surface area contributed by atoms with Gasteiger partial charge in [0.25, 0.3) is 0 Å². The van der Waals surface area contributed by atoms with Crippen LogP contribution in [0.2, 0.25) is 0 Å². The largest absolute Gasteiger partial charge is 0.357 e. The van der Waals surface area contributed by atoms with Crippen molar-refractivity contribution >= 4 is 10.9 Å². The molecule has 19 heavy (non-hydrogen) atoms. The van der Waals surface area contributed by atoms with E-state index < -0.39 is 0 Å². The van der Waals surface area contributed by atoms with Crippen LogP contribution < -0.4 is 0 Å². The Balaban J connectivity index is 1.92. The molecule has 0 saturated heterocycles. The minimum absolute atomic E-state index is 0.130. The van der Waals surface area contributed by atoms with Crippen molar-refractivity contribution < 1.29 is 0 Å². The van der Waals surface area contributed by atoms with E-state index >= 15 is 0 Å². The van der Waals surface area contributed by atoms with Gasteiger partial charge in [-0.05, 0) is 29.5 Å². The van der Waals surface area contributed by atoms with Crippen LogP contribution in [0.1, 0.15) is 17.2 Å². The first-order chi connectivity index (χ1) is 9.36. The molecule has 0 amide bonds. The molecular formula is C17H14N2. The fourth-order valence-corrected chi connectivity index (χ4v) is 2.36. The zero-order valence-electron chi connectivity index (χ0n) is 10.5. The van der Waals surface area contributed by atoms with Gasteiger partial charge in [-0.3, -0.25) is 0 Å². The Morgan fingerprint density at radius 3 is 2.47 bits per heavy atom. The quantitative estimate of drug-likeness (QED) is 0.745. The van der Waals surface area contributed by atoms with Crippen LogP contribution in [-0.2, 0) is 6.42 Å². The highest BCUT2D eigenvalue weighted by molar-refractivity contribution is 5.80. The Hall–Kier alpha value is -2.53. The van der Waals surface area contributed by atoms with Gasteiger partial charge in [0.1, 0.15) is 0 Å². The molecule has 0 saturated carbocycles. The second-order valence-corrected chi connectivity index (χ2v) is 4.68. The van der Waals surface area contributed by atoms with E-state index in [0.29, 0.717) is 0 Å². The van der Waals surface area contributed by atoms with Crippen molar-refractivity contribution in [2.24, 2.45) is 0 Å². The Labute approximate surface area is 112 Å². The van der Waals surface area contributed by atoms with Crippen LogP contribution in [0.25, 0.3) is 10.9 Å². The number of rotatable bonds is 3. The number of nitrogens with zero attached hydrogens (tertiary/aromatic N) is 1. The van der Waals surface area contributed by atoms with Gasteiger partial charge in [0, 0.05) is 11.2 Å². The molecular weight excluding hydrogens is 232 g/mol. The molecule has 0 fully saturated rings. The van der Waals surface area contributed by atoms with Crippen molar-refractivity contribution in [3.8, 4) is 6.07 Å². The molecule has 0 aliphatic carbocycles. The van der Waals surface area contributed by atoms with E-state index in [0.717, 1.165) is 23.0 Å². The van der Waals surface area contributed by atoms with Crippen LogP contribution in [-0.4, -0.2) is 4.98 Å². The van der Waals surface area contributed by atoms with E-state index in [4.69, 9.17) is 0 Å². The van der Waals surface area contributed by atoms with Crippen LogP contribution in [0.3, 0.4) is 0 Å². The summed E-state index contributed by atoms with van der Waals surface area (Å²) in [5.74, 6) is -0.130. The average Bonchev–Trinajstić information content (AvgIpc) is 2.89. The Bertz CT molecular complexity index is 687. The monoisotopic (exact) mass is 246 g/mol. The first kappa shape index (κ1) is 11.6. The molecule has 2 aromatic carbocycles. The lowest BCUT2D eigenvalue weighted by Crippen LogP contribution is -2.00. The average molecular weight is 246 g/mol. The van der Waals surface area contributed by atoms with Gasteiger partial charge in [0.15, 0.2) is 0 Å². The van der Waals surface area contributed by atoms with Crippen molar-refractivity contribution in [3.63, 3.8) is 0 Å². The minimum Gasteiger partial charge on any atom is -0.357 e. The van der Waals surface area contributed by atoms with E-state index in [1.165, 1.54) is 5.56 Å². The summed E-state index contributed by atoms with van der Waals surface area (Å²) in [5, 5.41) is 10.6. The van der Waals surface area contributed by atoms with Gasteiger partial charge in [0.2, 0.25) is 0 Å². The molecule has 2 nitrogen and oxygen atoms in total. The minimum atomic E-state index is -0.130. The number of nitriles is 1. The number of para-hydroxylation sites is 1. The van der Waals surface area contributed by atoms with Gasteiger partial charge >= 0.3 is 0 Å². The number of hydrogen-bond acceptors (Lipinski definition) is 1. The predicted molar refractivity (Wildman–Crippen MR) is 76.8 cm³/mol. The maximum atomic E-state index is 9.40. The summed E-state index contributed by atoms with van der Waals surface area (Å²) in [6.45, 7) is 0. The summed E-state index contributed by atoms with van der Waals surface area (Å²) in [5.41, 5.74) is 3.27. The zero-order valence-corrected chi connectivity index (χ0v) is 10.5. The number of nitrogens with one attached hydrogen (secondary N) is 1. The maximum absolute atomic E-state index is 9.40. The normalized spacial score (nSPS) is 12.2. The second-order valence-electron chi connectivity index (χ2n) is 4.68. The number of aromatic nitrogens is 1. The molecule has 0 aliphatic rings. The van der Waals surface area contributed by atoms with E-state index in [2.05, 4.69) is 35.3 Å². The number of fused-ring (bicyclic) bond motifs is 1. The highest BCUT2D eigenvalue weighted by Gasteiger charge is 2.13. The number of aromatic amines is 1. The van der Waals surface area contributed by atoms with Gasteiger partial charge in [-0.1, -0.05) is 48.5 Å². The van der Waals surface area contributed by atoms with Crippen LogP contribution >= 0.6 is 0 Å². The third-order valence-electron chi connectivity index (χ3n) is 3.36. The molecule has 0 bridgehead atoms. The fraction of sp³-hybridized carbons (Fsp3) is 0.118. The highest BCUT2D eigenvalue weighted by atomic mass is 14.7. The van der Waals surface area contributed by atoms with Crippen molar-refractivity contribution in [2.75, 3.05) is 0 Å². The molecule has 3 rings (SSSR count). The van der Waals surface area contributed by atoms with Gasteiger partial charge < -0.3 is 4.98 Å². The summed E-state index contributed by atoms with van der Waals surface area (Å²) in [4.78, 5) is 3.34. The lowest BCUT2D eigenvalue weighted by molar-refractivity contribution is 0.825. The van der Waals surface area contributed by atoms with Gasteiger partial charge in [-0.25, -0.2) is 0 Å². The molecule has 1 unspecified atom stereocenters. The van der Waals surface area contributed by atoms with Gasteiger partial charge in [-0.15, -0.1) is 0 Å². The molecule has 3 aromatic rings. The second kappa shape index (κ2) is 4.99. The van der Waals surface area contributed by atoms with Crippen molar-refractivity contribution in [2.45, 2.75) is 12.3 Å². The zero-order chi connectivity index (χ0) is 13.1. The van der Waals surface area contributed by atoms with Gasteiger partial charge in [0.05, 0.1) is 12.0 Å². The van der Waals surface area contributed by atoms with Crippen LogP contribution in [0.4, 0.5) is 0 Å². The fourth-order valence-electron chi connectivity index (χ4n) is 2.36. The van der Waals surface area contributed by atoms with E-state index in [-0.39, 0.29) is 5.92 Å². The predicted octanol–water partition coefficient (Wildman–Crippen LogP) is 4.02. The molecule has 1 aromatic heterocycles. The van der Waals surface area contributed by atoms with E-state index in [9.17, 15) is 5.26 Å². The molecule has 0 aliphatic heterocycles. The highest BCUT2D eigenvalue weighted by Crippen LogP contribution is 2.24. The van der Waals surface area contributed by atoms with E-state index in [1.807, 2.05) is 36.4 Å². The van der Waals surface area contributed by atoms with Crippen LogP contribution in [0, 0.1) is 11.3 Å². The van der Waals surface area contributed by atoms with Crippen molar-refractivity contribution in [1.29, 1.82) is 5.26 Å². The SMILES string of the molecule is N#CC(Cc1ccccc1)c1cc2ccccc2[nH]1. The molecule has 2 heteroatoms. The molecule has 1 N–H and O–H groups in total. The Morgan fingerprint density at radius 1 is 1.00 bits per heavy atom. The van der Waals surface area contributed by atoms with Crippen molar-refractivity contribution in [3.05, 3.63) is 71.9 Å². The third-order valence-corrected chi connectivity index (χ3v) is 3.36. The lowest BCUT2D eigenvalue weighted by Gasteiger charge is -2.06. The summed E-state index contributed by atoms with van der Waals surface area (Å²) in [6, 6.07) is 22.7.